The molecule has 1 aromatic heterocycles. The number of nitrogens with one attached hydrogen (secondary N) is 2. The number of hydrogen-bond donors (Lipinski definition) is 2. The smallest absolute Gasteiger partial charge is 0.319 e. The third-order valence-electron chi connectivity index (χ3n) is 2.02. The van der Waals surface area contributed by atoms with E-state index in [1.165, 1.54) is 0 Å². The number of carbonyl (C=O) groups is 1. The summed E-state index contributed by atoms with van der Waals surface area (Å²) in [4.78, 5) is 15.3. The molecule has 0 saturated heterocycles. The largest absolute Gasteiger partial charge is 0.481 e. The number of hydrogen-bond acceptors (Lipinski definition) is 3. The second kappa shape index (κ2) is 6.66. The first kappa shape index (κ1) is 12.3. The second-order valence-electron chi connectivity index (χ2n) is 3.32. The van der Waals surface area contributed by atoms with Crippen molar-refractivity contribution in [1.29, 1.82) is 0 Å². The van der Waals surface area contributed by atoms with Gasteiger partial charge in [0.2, 0.25) is 5.88 Å². The molecule has 0 bridgehead atoms. The molecule has 0 aliphatic carbocycles. The van der Waals surface area contributed by atoms with E-state index in [9.17, 15) is 4.79 Å². The summed E-state index contributed by atoms with van der Waals surface area (Å²) in [5.41, 5.74) is 0.648. The van der Waals surface area contributed by atoms with Crippen LogP contribution in [0.3, 0.4) is 0 Å². The van der Waals surface area contributed by atoms with Crippen molar-refractivity contribution in [2.24, 2.45) is 0 Å². The highest BCUT2D eigenvalue weighted by Gasteiger charge is 2.00. The minimum absolute atomic E-state index is 0.208. The van der Waals surface area contributed by atoms with Crippen molar-refractivity contribution in [2.45, 2.75) is 19.8 Å². The molecule has 1 heterocycles. The summed E-state index contributed by atoms with van der Waals surface area (Å²) in [6.45, 7) is 2.76. The summed E-state index contributed by atoms with van der Waals surface area (Å²) in [6.07, 6.45) is 3.59. The van der Waals surface area contributed by atoms with Gasteiger partial charge in [-0.05, 0) is 12.5 Å². The van der Waals surface area contributed by atoms with Gasteiger partial charge in [-0.1, -0.05) is 13.3 Å². The standard InChI is InChI=1S/C11H17N3O2/c1-3-4-7-12-11(15)14-9-5-6-10(16-2)13-8-9/h5-6,8H,3-4,7H2,1-2H3,(H2,12,14,15). The van der Waals surface area contributed by atoms with Crippen LogP contribution in [0.1, 0.15) is 19.8 Å². The Morgan fingerprint density at radius 2 is 2.31 bits per heavy atom. The zero-order chi connectivity index (χ0) is 11.8. The Kier molecular flexibility index (Phi) is 5.11. The van der Waals surface area contributed by atoms with Crippen LogP contribution < -0.4 is 15.4 Å². The highest BCUT2D eigenvalue weighted by Crippen LogP contribution is 2.10. The Hall–Kier alpha value is -1.78. The van der Waals surface area contributed by atoms with Crippen molar-refractivity contribution in [3.05, 3.63) is 18.3 Å². The van der Waals surface area contributed by atoms with Gasteiger partial charge in [0.25, 0.3) is 0 Å². The molecule has 0 atom stereocenters. The lowest BCUT2D eigenvalue weighted by atomic mass is 10.3. The lowest BCUT2D eigenvalue weighted by molar-refractivity contribution is 0.252. The summed E-state index contributed by atoms with van der Waals surface area (Å²) in [5.74, 6) is 0.525. The normalized spacial score (nSPS) is 9.62. The number of ether oxygens (including phenoxy) is 1. The number of carbonyl (C=O) groups excluding carboxylic acids is 1. The topological polar surface area (TPSA) is 63.2 Å². The molecule has 0 spiro atoms. The Morgan fingerprint density at radius 3 is 2.88 bits per heavy atom. The van der Waals surface area contributed by atoms with E-state index in [2.05, 4.69) is 22.5 Å². The van der Waals surface area contributed by atoms with Crippen molar-refractivity contribution in [2.75, 3.05) is 19.0 Å². The summed E-state index contributed by atoms with van der Waals surface area (Å²) >= 11 is 0. The SMILES string of the molecule is CCCCNC(=O)Nc1ccc(OC)nc1. The van der Waals surface area contributed by atoms with E-state index in [0.717, 1.165) is 12.8 Å². The van der Waals surface area contributed by atoms with Crippen LogP contribution in [-0.2, 0) is 0 Å². The van der Waals surface area contributed by atoms with Gasteiger partial charge >= 0.3 is 6.03 Å². The predicted molar refractivity (Wildman–Crippen MR) is 62.7 cm³/mol. The Morgan fingerprint density at radius 1 is 1.50 bits per heavy atom. The summed E-state index contributed by atoms with van der Waals surface area (Å²) < 4.78 is 4.91. The lowest BCUT2D eigenvalue weighted by Crippen LogP contribution is -2.29. The molecule has 2 N–H and O–H groups in total. The van der Waals surface area contributed by atoms with Crippen molar-refractivity contribution in [3.8, 4) is 5.88 Å². The molecule has 0 unspecified atom stereocenters. The molecule has 0 fully saturated rings. The minimum Gasteiger partial charge on any atom is -0.481 e. The van der Waals surface area contributed by atoms with E-state index in [1.54, 1.807) is 25.4 Å². The first-order valence-electron chi connectivity index (χ1n) is 5.31. The van der Waals surface area contributed by atoms with Crippen molar-refractivity contribution in [1.82, 2.24) is 10.3 Å². The number of amides is 2. The number of methoxy groups -OCH3 is 1. The maximum absolute atomic E-state index is 11.4. The van der Waals surface area contributed by atoms with Crippen LogP contribution in [0, 0.1) is 0 Å². The molecule has 5 nitrogen and oxygen atoms in total. The first-order chi connectivity index (χ1) is 7.76. The van der Waals surface area contributed by atoms with Crippen molar-refractivity contribution in [3.63, 3.8) is 0 Å². The monoisotopic (exact) mass is 223 g/mol. The number of pyridine rings is 1. The van der Waals surface area contributed by atoms with Gasteiger partial charge in [-0.3, -0.25) is 0 Å². The van der Waals surface area contributed by atoms with Crippen LogP contribution in [0.4, 0.5) is 10.5 Å². The fraction of sp³-hybridized carbons (Fsp3) is 0.455. The third-order valence-corrected chi connectivity index (χ3v) is 2.02. The maximum Gasteiger partial charge on any atom is 0.319 e. The number of rotatable bonds is 5. The van der Waals surface area contributed by atoms with Crippen LogP contribution in [0.5, 0.6) is 5.88 Å². The van der Waals surface area contributed by atoms with Crippen LogP contribution in [-0.4, -0.2) is 24.7 Å². The first-order valence-corrected chi connectivity index (χ1v) is 5.31. The molecule has 88 valence electrons. The fourth-order valence-corrected chi connectivity index (χ4v) is 1.13. The number of aromatic nitrogens is 1. The highest BCUT2D eigenvalue weighted by atomic mass is 16.5. The van der Waals surface area contributed by atoms with Gasteiger partial charge in [0.1, 0.15) is 0 Å². The van der Waals surface area contributed by atoms with Gasteiger partial charge in [-0.25, -0.2) is 9.78 Å². The van der Waals surface area contributed by atoms with E-state index in [0.29, 0.717) is 18.1 Å². The van der Waals surface area contributed by atoms with Gasteiger partial charge in [-0.15, -0.1) is 0 Å². The van der Waals surface area contributed by atoms with Crippen LogP contribution >= 0.6 is 0 Å². The average Bonchev–Trinajstić information content (AvgIpc) is 2.30. The van der Waals surface area contributed by atoms with Crippen LogP contribution in [0.25, 0.3) is 0 Å². The molecule has 0 aliphatic rings. The molecule has 0 aliphatic heterocycles. The van der Waals surface area contributed by atoms with Gasteiger partial charge in [-0.2, -0.15) is 0 Å². The zero-order valence-corrected chi connectivity index (χ0v) is 9.62. The summed E-state index contributed by atoms with van der Waals surface area (Å²) in [7, 11) is 1.55. The van der Waals surface area contributed by atoms with E-state index in [1.807, 2.05) is 0 Å². The molecular formula is C11H17N3O2. The van der Waals surface area contributed by atoms with E-state index in [-0.39, 0.29) is 6.03 Å². The third kappa shape index (κ3) is 4.16. The zero-order valence-electron chi connectivity index (χ0n) is 9.62. The molecule has 16 heavy (non-hydrogen) atoms. The Bertz CT molecular complexity index is 325. The van der Waals surface area contributed by atoms with Crippen LogP contribution in [0.2, 0.25) is 0 Å². The molecular weight excluding hydrogens is 206 g/mol. The summed E-state index contributed by atoms with van der Waals surface area (Å²) in [6, 6.07) is 3.23. The number of unbranched alkanes of at least 4 members (excludes halogenated alkanes) is 1. The molecule has 1 rings (SSSR count). The quantitative estimate of drug-likeness (QED) is 0.750. The Balaban J connectivity index is 2.37. The molecule has 0 aromatic carbocycles. The molecule has 0 saturated carbocycles. The van der Waals surface area contributed by atoms with E-state index < -0.39 is 0 Å². The number of urea groups is 1. The van der Waals surface area contributed by atoms with Crippen molar-refractivity contribution >= 4 is 11.7 Å². The summed E-state index contributed by atoms with van der Waals surface area (Å²) in [5, 5.41) is 5.44. The second-order valence-corrected chi connectivity index (χ2v) is 3.32. The maximum atomic E-state index is 11.4. The fourth-order valence-electron chi connectivity index (χ4n) is 1.13. The lowest BCUT2D eigenvalue weighted by Gasteiger charge is -2.06. The molecule has 0 radical (unpaired) electrons. The van der Waals surface area contributed by atoms with Gasteiger partial charge in [0.15, 0.2) is 0 Å². The van der Waals surface area contributed by atoms with Gasteiger partial charge in [0.05, 0.1) is 19.0 Å². The Labute approximate surface area is 95.2 Å². The number of anilines is 1. The van der Waals surface area contributed by atoms with Gasteiger partial charge in [0, 0.05) is 12.6 Å². The predicted octanol–water partition coefficient (Wildman–Crippen LogP) is 2.01. The van der Waals surface area contributed by atoms with Crippen LogP contribution in [0.15, 0.2) is 18.3 Å². The molecule has 5 heteroatoms. The minimum atomic E-state index is -0.208. The number of nitrogens with zero attached hydrogens (tertiary/aromatic N) is 1. The highest BCUT2D eigenvalue weighted by molar-refractivity contribution is 5.88. The van der Waals surface area contributed by atoms with E-state index >= 15 is 0 Å². The average molecular weight is 223 g/mol. The van der Waals surface area contributed by atoms with Crippen molar-refractivity contribution < 1.29 is 9.53 Å². The molecule has 1 aromatic rings. The van der Waals surface area contributed by atoms with E-state index in [4.69, 9.17) is 4.74 Å². The van der Waals surface area contributed by atoms with Gasteiger partial charge < -0.3 is 15.4 Å². The molecule has 2 amide bonds.